The zero-order chi connectivity index (χ0) is 15.0. The highest BCUT2D eigenvalue weighted by Crippen LogP contribution is 2.22. The van der Waals surface area contributed by atoms with E-state index in [1.54, 1.807) is 0 Å². The SMILES string of the molecule is CCCc1nc(NCC)cc(NC(C)(CC)CCO)n1. The van der Waals surface area contributed by atoms with Gasteiger partial charge < -0.3 is 15.7 Å². The summed E-state index contributed by atoms with van der Waals surface area (Å²) in [6.45, 7) is 9.41. The Morgan fingerprint density at radius 2 is 1.90 bits per heavy atom. The number of aliphatic hydroxyl groups is 1. The fraction of sp³-hybridized carbons (Fsp3) is 0.733. The van der Waals surface area contributed by atoms with Gasteiger partial charge in [0.2, 0.25) is 0 Å². The van der Waals surface area contributed by atoms with Crippen LogP contribution in [0.2, 0.25) is 0 Å². The molecule has 0 aliphatic carbocycles. The highest BCUT2D eigenvalue weighted by Gasteiger charge is 2.22. The minimum absolute atomic E-state index is 0.143. The van der Waals surface area contributed by atoms with Crippen molar-refractivity contribution in [3.63, 3.8) is 0 Å². The molecular weight excluding hydrogens is 252 g/mol. The molecular formula is C15H28N4O. The zero-order valence-electron chi connectivity index (χ0n) is 13.2. The number of hydrogen-bond donors (Lipinski definition) is 3. The van der Waals surface area contributed by atoms with Crippen LogP contribution in [0, 0.1) is 0 Å². The molecule has 0 spiro atoms. The average molecular weight is 280 g/mol. The van der Waals surface area contributed by atoms with Crippen molar-refractivity contribution < 1.29 is 5.11 Å². The third kappa shape index (κ3) is 4.96. The van der Waals surface area contributed by atoms with Crippen molar-refractivity contribution in [3.05, 3.63) is 11.9 Å². The maximum Gasteiger partial charge on any atom is 0.133 e. The van der Waals surface area contributed by atoms with Gasteiger partial charge in [-0.3, -0.25) is 0 Å². The monoisotopic (exact) mass is 280 g/mol. The first-order chi connectivity index (χ1) is 9.56. The predicted octanol–water partition coefficient (Wildman–Crippen LogP) is 2.82. The van der Waals surface area contributed by atoms with E-state index in [1.807, 2.05) is 6.07 Å². The van der Waals surface area contributed by atoms with Crippen LogP contribution in [0.3, 0.4) is 0 Å². The Hall–Kier alpha value is -1.36. The number of rotatable bonds is 9. The lowest BCUT2D eigenvalue weighted by molar-refractivity contribution is 0.252. The fourth-order valence-electron chi connectivity index (χ4n) is 2.05. The number of nitrogens with one attached hydrogen (secondary N) is 2. The highest BCUT2D eigenvalue weighted by molar-refractivity contribution is 5.49. The van der Waals surface area contributed by atoms with Gasteiger partial charge >= 0.3 is 0 Å². The lowest BCUT2D eigenvalue weighted by Crippen LogP contribution is -2.35. The van der Waals surface area contributed by atoms with Crippen LogP contribution in [0.4, 0.5) is 11.6 Å². The van der Waals surface area contributed by atoms with Gasteiger partial charge in [-0.1, -0.05) is 13.8 Å². The molecule has 0 bridgehead atoms. The lowest BCUT2D eigenvalue weighted by atomic mass is 9.95. The van der Waals surface area contributed by atoms with Crippen LogP contribution in [-0.2, 0) is 6.42 Å². The minimum Gasteiger partial charge on any atom is -0.396 e. The first kappa shape index (κ1) is 16.7. The summed E-state index contributed by atoms with van der Waals surface area (Å²) in [6.07, 6.45) is 3.53. The van der Waals surface area contributed by atoms with Crippen molar-refractivity contribution >= 4 is 11.6 Å². The lowest BCUT2D eigenvalue weighted by Gasteiger charge is -2.30. The van der Waals surface area contributed by atoms with Crippen LogP contribution >= 0.6 is 0 Å². The molecule has 0 saturated carbocycles. The summed E-state index contributed by atoms with van der Waals surface area (Å²) < 4.78 is 0. The van der Waals surface area contributed by atoms with Gasteiger partial charge in [-0.2, -0.15) is 0 Å². The Morgan fingerprint density at radius 3 is 2.45 bits per heavy atom. The van der Waals surface area contributed by atoms with E-state index in [2.05, 4.69) is 48.3 Å². The second-order valence-electron chi connectivity index (χ2n) is 5.35. The molecule has 20 heavy (non-hydrogen) atoms. The number of nitrogens with zero attached hydrogens (tertiary/aromatic N) is 2. The molecule has 0 aliphatic heterocycles. The first-order valence-electron chi connectivity index (χ1n) is 7.57. The molecule has 0 aliphatic rings. The first-order valence-corrected chi connectivity index (χ1v) is 7.57. The van der Waals surface area contributed by atoms with E-state index in [0.29, 0.717) is 6.42 Å². The van der Waals surface area contributed by atoms with Crippen molar-refractivity contribution in [2.24, 2.45) is 0 Å². The summed E-state index contributed by atoms with van der Waals surface area (Å²) >= 11 is 0. The minimum atomic E-state index is -0.143. The number of hydrogen-bond acceptors (Lipinski definition) is 5. The maximum atomic E-state index is 9.20. The Balaban J connectivity index is 2.96. The third-order valence-electron chi connectivity index (χ3n) is 3.48. The normalized spacial score (nSPS) is 13.8. The standard InChI is InChI=1S/C15H28N4O/c1-5-8-12-17-13(16-7-3)11-14(18-12)19-15(4,6-2)9-10-20/h11,20H,5-10H2,1-4H3,(H2,16,17,18,19). The molecule has 1 aromatic rings. The molecule has 1 aromatic heterocycles. The largest absolute Gasteiger partial charge is 0.396 e. The van der Waals surface area contributed by atoms with Crippen LogP contribution < -0.4 is 10.6 Å². The number of aliphatic hydroxyl groups excluding tert-OH is 1. The Labute approximate surface area is 122 Å². The molecule has 1 rings (SSSR count). The van der Waals surface area contributed by atoms with Crippen LogP contribution in [0.1, 0.15) is 52.8 Å². The van der Waals surface area contributed by atoms with Gasteiger partial charge in [0.15, 0.2) is 0 Å². The second-order valence-corrected chi connectivity index (χ2v) is 5.35. The van der Waals surface area contributed by atoms with Crippen LogP contribution in [0.25, 0.3) is 0 Å². The van der Waals surface area contributed by atoms with Gasteiger partial charge in [-0.25, -0.2) is 9.97 Å². The molecule has 1 heterocycles. The van der Waals surface area contributed by atoms with Gasteiger partial charge in [0.25, 0.3) is 0 Å². The van der Waals surface area contributed by atoms with Crippen LogP contribution in [-0.4, -0.2) is 33.8 Å². The molecule has 0 fully saturated rings. The summed E-state index contributed by atoms with van der Waals surface area (Å²) in [6, 6.07) is 1.94. The number of anilines is 2. The molecule has 3 N–H and O–H groups in total. The van der Waals surface area contributed by atoms with E-state index in [-0.39, 0.29) is 12.1 Å². The Morgan fingerprint density at radius 1 is 1.20 bits per heavy atom. The molecule has 0 saturated heterocycles. The predicted molar refractivity (Wildman–Crippen MR) is 84.2 cm³/mol. The molecule has 0 aromatic carbocycles. The van der Waals surface area contributed by atoms with E-state index >= 15 is 0 Å². The maximum absolute atomic E-state index is 9.20. The average Bonchev–Trinajstić information content (AvgIpc) is 2.39. The topological polar surface area (TPSA) is 70.1 Å². The summed E-state index contributed by atoms with van der Waals surface area (Å²) in [4.78, 5) is 9.08. The molecule has 1 atom stereocenters. The van der Waals surface area contributed by atoms with Crippen molar-refractivity contribution in [1.29, 1.82) is 0 Å². The van der Waals surface area contributed by atoms with Crippen molar-refractivity contribution in [2.45, 2.75) is 58.9 Å². The highest BCUT2D eigenvalue weighted by atomic mass is 16.3. The Bertz CT molecular complexity index is 387. The summed E-state index contributed by atoms with van der Waals surface area (Å²) in [5, 5.41) is 15.9. The number of aryl methyl sites for hydroxylation is 1. The van der Waals surface area contributed by atoms with Crippen LogP contribution in [0.5, 0.6) is 0 Å². The molecule has 5 nitrogen and oxygen atoms in total. The molecule has 0 amide bonds. The molecule has 0 radical (unpaired) electrons. The zero-order valence-corrected chi connectivity index (χ0v) is 13.2. The van der Waals surface area contributed by atoms with E-state index in [4.69, 9.17) is 0 Å². The van der Waals surface area contributed by atoms with Crippen LogP contribution in [0.15, 0.2) is 6.07 Å². The van der Waals surface area contributed by atoms with Gasteiger partial charge in [0.1, 0.15) is 17.5 Å². The molecule has 114 valence electrons. The fourth-order valence-corrected chi connectivity index (χ4v) is 2.05. The van der Waals surface area contributed by atoms with E-state index < -0.39 is 0 Å². The second kappa shape index (κ2) is 8.04. The summed E-state index contributed by atoms with van der Waals surface area (Å²) in [5.74, 6) is 2.55. The van der Waals surface area contributed by atoms with Crippen molar-refractivity contribution in [1.82, 2.24) is 9.97 Å². The van der Waals surface area contributed by atoms with E-state index in [9.17, 15) is 5.11 Å². The summed E-state index contributed by atoms with van der Waals surface area (Å²) in [5.41, 5.74) is -0.143. The molecule has 5 heteroatoms. The van der Waals surface area contributed by atoms with Gasteiger partial charge in [0.05, 0.1) is 0 Å². The van der Waals surface area contributed by atoms with E-state index in [0.717, 1.165) is 43.3 Å². The smallest absolute Gasteiger partial charge is 0.133 e. The quantitative estimate of drug-likeness (QED) is 0.649. The third-order valence-corrected chi connectivity index (χ3v) is 3.48. The number of aromatic nitrogens is 2. The van der Waals surface area contributed by atoms with Gasteiger partial charge in [-0.05, 0) is 33.1 Å². The van der Waals surface area contributed by atoms with E-state index in [1.165, 1.54) is 0 Å². The van der Waals surface area contributed by atoms with Crippen molar-refractivity contribution in [2.75, 3.05) is 23.8 Å². The summed E-state index contributed by atoms with van der Waals surface area (Å²) in [7, 11) is 0. The van der Waals surface area contributed by atoms with Crippen molar-refractivity contribution in [3.8, 4) is 0 Å². The van der Waals surface area contributed by atoms with Gasteiger partial charge in [-0.15, -0.1) is 0 Å². The molecule has 1 unspecified atom stereocenters. The van der Waals surface area contributed by atoms with Gasteiger partial charge in [0, 0.05) is 31.2 Å². The Kier molecular flexibility index (Phi) is 6.71.